The highest BCUT2D eigenvalue weighted by molar-refractivity contribution is 5.33. The number of unbranched alkanes of at least 4 members (excludes halogenated alkanes) is 2. The second-order valence-corrected chi connectivity index (χ2v) is 4.57. The van der Waals surface area contributed by atoms with E-state index >= 15 is 0 Å². The predicted molar refractivity (Wildman–Crippen MR) is 67.3 cm³/mol. The van der Waals surface area contributed by atoms with Crippen molar-refractivity contribution in [3.05, 3.63) is 35.1 Å². The molecule has 0 heterocycles. The number of halogens is 4. The van der Waals surface area contributed by atoms with Gasteiger partial charge in [0.25, 0.3) is 0 Å². The molecule has 0 aliphatic carbocycles. The quantitative estimate of drug-likeness (QED) is 0.588. The van der Waals surface area contributed by atoms with Crippen LogP contribution in [0, 0.1) is 5.82 Å². The van der Waals surface area contributed by atoms with E-state index < -0.39 is 23.6 Å². The molecule has 1 N–H and O–H groups in total. The first-order chi connectivity index (χ1) is 8.90. The van der Waals surface area contributed by atoms with E-state index in [9.17, 15) is 17.6 Å². The minimum absolute atomic E-state index is 0.00824. The summed E-state index contributed by atoms with van der Waals surface area (Å²) in [6, 6.07) is 2.18. The van der Waals surface area contributed by atoms with Crippen LogP contribution in [0.25, 0.3) is 0 Å². The average Bonchev–Trinajstić information content (AvgIpc) is 2.33. The lowest BCUT2D eigenvalue weighted by Crippen LogP contribution is -2.21. The van der Waals surface area contributed by atoms with Crippen LogP contribution in [0.3, 0.4) is 0 Å². The fourth-order valence-corrected chi connectivity index (χ4v) is 2.13. The first kappa shape index (κ1) is 16.0. The Morgan fingerprint density at radius 3 is 2.42 bits per heavy atom. The van der Waals surface area contributed by atoms with Gasteiger partial charge in [-0.25, -0.2) is 4.39 Å². The maximum Gasteiger partial charge on any atom is 0.416 e. The zero-order valence-corrected chi connectivity index (χ0v) is 11.1. The van der Waals surface area contributed by atoms with Gasteiger partial charge in [0.2, 0.25) is 0 Å². The van der Waals surface area contributed by atoms with Crippen LogP contribution in [-0.2, 0) is 6.18 Å². The lowest BCUT2D eigenvalue weighted by molar-refractivity contribution is -0.138. The molecule has 0 amide bonds. The summed E-state index contributed by atoms with van der Waals surface area (Å²) in [5.41, 5.74) is -0.768. The third-order valence-electron chi connectivity index (χ3n) is 3.14. The zero-order chi connectivity index (χ0) is 14.5. The number of nitrogens with one attached hydrogen (secondary N) is 1. The summed E-state index contributed by atoms with van der Waals surface area (Å²) in [4.78, 5) is 0. The molecule has 0 saturated carbocycles. The molecule has 0 aliphatic heterocycles. The van der Waals surface area contributed by atoms with Crippen LogP contribution >= 0.6 is 0 Å². The maximum absolute atomic E-state index is 13.2. The van der Waals surface area contributed by atoms with Crippen molar-refractivity contribution in [2.45, 2.75) is 44.8 Å². The molecule has 1 nitrogen and oxygen atoms in total. The van der Waals surface area contributed by atoms with Gasteiger partial charge in [0.15, 0.2) is 0 Å². The van der Waals surface area contributed by atoms with Gasteiger partial charge in [-0.3, -0.25) is 0 Å². The van der Waals surface area contributed by atoms with Crippen LogP contribution < -0.4 is 5.32 Å². The normalized spacial score (nSPS) is 13.6. The molecule has 0 bridgehead atoms. The molecule has 0 fully saturated rings. The first-order valence-corrected chi connectivity index (χ1v) is 6.44. The highest BCUT2D eigenvalue weighted by Gasteiger charge is 2.35. The Morgan fingerprint density at radius 1 is 1.21 bits per heavy atom. The van der Waals surface area contributed by atoms with E-state index in [1.54, 1.807) is 7.05 Å². The molecule has 108 valence electrons. The molecule has 0 spiro atoms. The third kappa shape index (κ3) is 4.49. The smallest absolute Gasteiger partial charge is 0.313 e. The van der Waals surface area contributed by atoms with Crippen molar-refractivity contribution < 1.29 is 17.6 Å². The molecular formula is C14H19F4N. The molecule has 5 heteroatoms. The summed E-state index contributed by atoms with van der Waals surface area (Å²) in [7, 11) is 1.60. The van der Waals surface area contributed by atoms with Crippen molar-refractivity contribution in [3.8, 4) is 0 Å². The fraction of sp³-hybridized carbons (Fsp3) is 0.571. The van der Waals surface area contributed by atoms with Gasteiger partial charge in [-0.1, -0.05) is 26.2 Å². The van der Waals surface area contributed by atoms with Crippen molar-refractivity contribution in [3.63, 3.8) is 0 Å². The second-order valence-electron chi connectivity index (χ2n) is 4.57. The van der Waals surface area contributed by atoms with Crippen LogP contribution in [0.1, 0.15) is 49.8 Å². The number of hydrogen-bond acceptors (Lipinski definition) is 1. The summed E-state index contributed by atoms with van der Waals surface area (Å²) >= 11 is 0. The van der Waals surface area contributed by atoms with Gasteiger partial charge >= 0.3 is 6.18 Å². The Bertz CT molecular complexity index is 401. The number of hydrogen-bond donors (Lipinski definition) is 1. The monoisotopic (exact) mass is 277 g/mol. The van der Waals surface area contributed by atoms with Crippen molar-refractivity contribution in [1.29, 1.82) is 0 Å². The lowest BCUT2D eigenvalue weighted by atomic mass is 9.95. The van der Waals surface area contributed by atoms with Gasteiger partial charge in [0.05, 0.1) is 5.56 Å². The summed E-state index contributed by atoms with van der Waals surface area (Å²) in [6.45, 7) is 2.03. The van der Waals surface area contributed by atoms with Crippen LogP contribution in [0.4, 0.5) is 17.6 Å². The molecule has 0 saturated heterocycles. The molecule has 1 unspecified atom stereocenters. The van der Waals surface area contributed by atoms with E-state index in [-0.39, 0.29) is 5.56 Å². The molecule has 1 atom stereocenters. The van der Waals surface area contributed by atoms with E-state index in [2.05, 4.69) is 5.32 Å². The minimum Gasteiger partial charge on any atom is -0.313 e. The van der Waals surface area contributed by atoms with E-state index in [4.69, 9.17) is 0 Å². The SMILES string of the molecule is CCCCCC(NC)c1cc(F)ccc1C(F)(F)F. The Labute approximate surface area is 111 Å². The molecule has 1 aromatic rings. The minimum atomic E-state index is -4.46. The zero-order valence-electron chi connectivity index (χ0n) is 11.1. The van der Waals surface area contributed by atoms with E-state index in [0.717, 1.165) is 37.5 Å². The topological polar surface area (TPSA) is 12.0 Å². The van der Waals surface area contributed by atoms with E-state index in [1.165, 1.54) is 0 Å². The standard InChI is InChI=1S/C14H19F4N/c1-3-4-5-6-13(19-2)11-9-10(15)7-8-12(11)14(16,17)18/h7-9,13,19H,3-6H2,1-2H3. The fourth-order valence-electron chi connectivity index (χ4n) is 2.13. The first-order valence-electron chi connectivity index (χ1n) is 6.44. The van der Waals surface area contributed by atoms with Crippen molar-refractivity contribution in [2.75, 3.05) is 7.05 Å². The molecule has 0 aliphatic rings. The second kappa shape index (κ2) is 6.89. The number of rotatable bonds is 6. The molecule has 1 rings (SSSR count). The largest absolute Gasteiger partial charge is 0.416 e. The van der Waals surface area contributed by atoms with Crippen LogP contribution in [0.15, 0.2) is 18.2 Å². The highest BCUT2D eigenvalue weighted by atomic mass is 19.4. The third-order valence-corrected chi connectivity index (χ3v) is 3.14. The molecule has 0 radical (unpaired) electrons. The summed E-state index contributed by atoms with van der Waals surface area (Å²) < 4.78 is 52.0. The van der Waals surface area contributed by atoms with Crippen molar-refractivity contribution in [2.24, 2.45) is 0 Å². The predicted octanol–water partition coefficient (Wildman–Crippen LogP) is 4.69. The Hall–Kier alpha value is -1.10. The molecule has 0 aromatic heterocycles. The Balaban J connectivity index is 3.03. The number of benzene rings is 1. The van der Waals surface area contributed by atoms with Gasteiger partial charge in [-0.2, -0.15) is 13.2 Å². The van der Waals surface area contributed by atoms with Gasteiger partial charge in [0, 0.05) is 6.04 Å². The Morgan fingerprint density at radius 2 is 1.89 bits per heavy atom. The molecule has 19 heavy (non-hydrogen) atoms. The lowest BCUT2D eigenvalue weighted by Gasteiger charge is -2.21. The Kier molecular flexibility index (Phi) is 5.79. The summed E-state index contributed by atoms with van der Waals surface area (Å²) in [6.07, 6.45) is -1.13. The summed E-state index contributed by atoms with van der Waals surface area (Å²) in [5.74, 6) is -0.640. The average molecular weight is 277 g/mol. The maximum atomic E-state index is 13.2. The van der Waals surface area contributed by atoms with Crippen molar-refractivity contribution in [1.82, 2.24) is 5.32 Å². The number of alkyl halides is 3. The van der Waals surface area contributed by atoms with Gasteiger partial charge < -0.3 is 5.32 Å². The van der Waals surface area contributed by atoms with E-state index in [1.807, 2.05) is 6.92 Å². The van der Waals surface area contributed by atoms with Gasteiger partial charge in [-0.15, -0.1) is 0 Å². The van der Waals surface area contributed by atoms with E-state index in [0.29, 0.717) is 6.42 Å². The van der Waals surface area contributed by atoms with Crippen molar-refractivity contribution >= 4 is 0 Å². The van der Waals surface area contributed by atoms with Crippen LogP contribution in [-0.4, -0.2) is 7.05 Å². The van der Waals surface area contributed by atoms with Gasteiger partial charge in [-0.05, 0) is 37.2 Å². The highest BCUT2D eigenvalue weighted by Crippen LogP contribution is 2.36. The summed E-state index contributed by atoms with van der Waals surface area (Å²) in [5, 5.41) is 2.85. The molecule has 1 aromatic carbocycles. The van der Waals surface area contributed by atoms with Crippen LogP contribution in [0.2, 0.25) is 0 Å². The van der Waals surface area contributed by atoms with Gasteiger partial charge in [0.1, 0.15) is 5.82 Å². The molecular weight excluding hydrogens is 258 g/mol. The van der Waals surface area contributed by atoms with Crippen LogP contribution in [0.5, 0.6) is 0 Å².